The van der Waals surface area contributed by atoms with Crippen molar-refractivity contribution in [3.05, 3.63) is 34.2 Å². The highest BCUT2D eigenvalue weighted by atomic mass is 16.2. The van der Waals surface area contributed by atoms with Gasteiger partial charge < -0.3 is 14.8 Å². The number of nitrogens with one attached hydrogen (secondary N) is 1. The van der Waals surface area contributed by atoms with Crippen molar-refractivity contribution in [2.45, 2.75) is 18.9 Å². The first kappa shape index (κ1) is 13.3. The third-order valence-corrected chi connectivity index (χ3v) is 3.24. The summed E-state index contributed by atoms with van der Waals surface area (Å²) in [5.74, 6) is -0.375. The molecule has 2 rings (SSSR count). The zero-order valence-electron chi connectivity index (χ0n) is 11.0. The van der Waals surface area contributed by atoms with E-state index in [1.54, 1.807) is 20.2 Å². The topological polar surface area (TPSA) is 73.5 Å². The van der Waals surface area contributed by atoms with E-state index in [2.05, 4.69) is 4.98 Å². The molecular weight excluding hydrogens is 246 g/mol. The lowest BCUT2D eigenvalue weighted by molar-refractivity contribution is -0.132. The van der Waals surface area contributed by atoms with Crippen LogP contribution in [0.2, 0.25) is 0 Å². The molecule has 19 heavy (non-hydrogen) atoms. The quantitative estimate of drug-likeness (QED) is 0.820. The first-order valence-corrected chi connectivity index (χ1v) is 6.22. The predicted octanol–water partition coefficient (Wildman–Crippen LogP) is 0.0677. The first-order valence-electron chi connectivity index (χ1n) is 6.22. The molecule has 1 atom stereocenters. The van der Waals surface area contributed by atoms with Crippen molar-refractivity contribution in [3.8, 4) is 0 Å². The zero-order chi connectivity index (χ0) is 14.0. The minimum absolute atomic E-state index is 0.0795. The Hall–Kier alpha value is -2.11. The van der Waals surface area contributed by atoms with Gasteiger partial charge in [-0.05, 0) is 18.9 Å². The van der Waals surface area contributed by atoms with E-state index in [9.17, 15) is 14.4 Å². The number of likely N-dealkylation sites (tertiary alicyclic amines) is 1. The smallest absolute Gasteiger partial charge is 0.271 e. The summed E-state index contributed by atoms with van der Waals surface area (Å²) in [6.07, 6.45) is 1.47. The van der Waals surface area contributed by atoms with Crippen LogP contribution in [-0.2, 0) is 4.79 Å². The molecule has 1 aliphatic heterocycles. The molecule has 1 saturated heterocycles. The van der Waals surface area contributed by atoms with Gasteiger partial charge in [-0.25, -0.2) is 0 Å². The van der Waals surface area contributed by atoms with Crippen molar-refractivity contribution < 1.29 is 9.59 Å². The molecule has 2 amide bonds. The summed E-state index contributed by atoms with van der Waals surface area (Å²) >= 11 is 0. The van der Waals surface area contributed by atoms with Crippen LogP contribution in [0, 0.1) is 0 Å². The van der Waals surface area contributed by atoms with Gasteiger partial charge in [0.15, 0.2) is 0 Å². The van der Waals surface area contributed by atoms with Crippen LogP contribution in [0.5, 0.6) is 0 Å². The van der Waals surface area contributed by atoms with Crippen molar-refractivity contribution in [1.29, 1.82) is 0 Å². The van der Waals surface area contributed by atoms with Crippen LogP contribution in [0.15, 0.2) is 23.0 Å². The number of hydrogen-bond donors (Lipinski definition) is 1. The maximum atomic E-state index is 12.3. The number of nitrogens with zero attached hydrogens (tertiary/aromatic N) is 2. The van der Waals surface area contributed by atoms with Crippen LogP contribution in [-0.4, -0.2) is 53.3 Å². The van der Waals surface area contributed by atoms with E-state index >= 15 is 0 Å². The molecule has 1 aliphatic rings. The number of H-pyrrole nitrogens is 1. The lowest BCUT2D eigenvalue weighted by Crippen LogP contribution is -2.45. The van der Waals surface area contributed by atoms with Crippen LogP contribution >= 0.6 is 0 Å². The highest BCUT2D eigenvalue weighted by molar-refractivity contribution is 5.96. The number of aromatic amines is 1. The third kappa shape index (κ3) is 2.67. The minimum Gasteiger partial charge on any atom is -0.347 e. The summed E-state index contributed by atoms with van der Waals surface area (Å²) in [4.78, 5) is 41.1. The predicted molar refractivity (Wildman–Crippen MR) is 69.8 cm³/mol. The fourth-order valence-electron chi connectivity index (χ4n) is 2.29. The Kier molecular flexibility index (Phi) is 3.69. The van der Waals surface area contributed by atoms with Gasteiger partial charge in [-0.1, -0.05) is 6.07 Å². The van der Waals surface area contributed by atoms with E-state index in [1.165, 1.54) is 21.9 Å². The average molecular weight is 263 g/mol. The van der Waals surface area contributed by atoms with E-state index in [4.69, 9.17) is 0 Å². The molecule has 0 aliphatic carbocycles. The molecule has 0 spiro atoms. The monoisotopic (exact) mass is 263 g/mol. The highest BCUT2D eigenvalue weighted by Gasteiger charge is 2.35. The molecular formula is C13H17N3O3. The van der Waals surface area contributed by atoms with Crippen LogP contribution in [0.1, 0.15) is 23.3 Å². The summed E-state index contributed by atoms with van der Waals surface area (Å²) in [6, 6.07) is 4.01. The number of likely N-dealkylation sites (N-methyl/N-ethyl adjacent to an activating group) is 1. The Balaban J connectivity index is 2.23. The standard InChI is InChI=1S/C13H17N3O3/c1-15(2)13(19)10-6-4-8-16(10)12(18)9-5-3-7-11(17)14-9/h3,5,7,10H,4,6,8H2,1-2H3,(H,14,17). The molecule has 6 nitrogen and oxygen atoms in total. The molecule has 0 radical (unpaired) electrons. The maximum absolute atomic E-state index is 12.3. The van der Waals surface area contributed by atoms with Gasteiger partial charge in [0, 0.05) is 26.7 Å². The number of carbonyl (C=O) groups is 2. The molecule has 6 heteroatoms. The van der Waals surface area contributed by atoms with E-state index < -0.39 is 6.04 Å². The Morgan fingerprint density at radius 3 is 2.74 bits per heavy atom. The van der Waals surface area contributed by atoms with Gasteiger partial charge in [0.05, 0.1) is 0 Å². The number of hydrogen-bond acceptors (Lipinski definition) is 3. The molecule has 1 aromatic heterocycles. The van der Waals surface area contributed by atoms with Gasteiger partial charge in [-0.3, -0.25) is 14.4 Å². The molecule has 0 aromatic carbocycles. The zero-order valence-corrected chi connectivity index (χ0v) is 11.0. The Bertz CT molecular complexity index is 550. The summed E-state index contributed by atoms with van der Waals surface area (Å²) < 4.78 is 0. The van der Waals surface area contributed by atoms with Gasteiger partial charge in [0.2, 0.25) is 11.5 Å². The summed E-state index contributed by atoms with van der Waals surface area (Å²) in [7, 11) is 3.35. The Morgan fingerprint density at radius 1 is 1.37 bits per heavy atom. The number of rotatable bonds is 2. The van der Waals surface area contributed by atoms with E-state index in [0.717, 1.165) is 6.42 Å². The third-order valence-electron chi connectivity index (χ3n) is 3.24. The minimum atomic E-state index is -0.425. The SMILES string of the molecule is CN(C)C(=O)C1CCCN1C(=O)c1cccc(=O)[nH]1. The molecule has 0 saturated carbocycles. The molecule has 1 fully saturated rings. The Morgan fingerprint density at radius 2 is 2.11 bits per heavy atom. The number of carbonyl (C=O) groups excluding carboxylic acids is 2. The molecule has 1 aromatic rings. The fourth-order valence-corrected chi connectivity index (χ4v) is 2.29. The van der Waals surface area contributed by atoms with Gasteiger partial charge >= 0.3 is 0 Å². The lowest BCUT2D eigenvalue weighted by Gasteiger charge is -2.26. The molecule has 102 valence electrons. The number of amides is 2. The van der Waals surface area contributed by atoms with E-state index in [-0.39, 0.29) is 23.1 Å². The van der Waals surface area contributed by atoms with Gasteiger partial charge in [0.1, 0.15) is 11.7 Å². The number of aromatic nitrogens is 1. The van der Waals surface area contributed by atoms with Crippen LogP contribution in [0.3, 0.4) is 0 Å². The molecule has 1 N–H and O–H groups in total. The summed E-state index contributed by atoms with van der Waals surface area (Å²) in [6.45, 7) is 0.542. The van der Waals surface area contributed by atoms with Gasteiger partial charge in [-0.2, -0.15) is 0 Å². The second-order valence-corrected chi connectivity index (χ2v) is 4.82. The average Bonchev–Trinajstić information content (AvgIpc) is 2.85. The van der Waals surface area contributed by atoms with Crippen molar-refractivity contribution >= 4 is 11.8 Å². The fraction of sp³-hybridized carbons (Fsp3) is 0.462. The largest absolute Gasteiger partial charge is 0.347 e. The van der Waals surface area contributed by atoms with Gasteiger partial charge in [0.25, 0.3) is 5.91 Å². The summed E-state index contributed by atoms with van der Waals surface area (Å²) in [5, 5.41) is 0. The van der Waals surface area contributed by atoms with Crippen molar-refractivity contribution in [2.24, 2.45) is 0 Å². The highest BCUT2D eigenvalue weighted by Crippen LogP contribution is 2.20. The van der Waals surface area contributed by atoms with Crippen LogP contribution in [0.4, 0.5) is 0 Å². The van der Waals surface area contributed by atoms with Crippen molar-refractivity contribution in [2.75, 3.05) is 20.6 Å². The number of pyridine rings is 1. The van der Waals surface area contributed by atoms with Crippen molar-refractivity contribution in [3.63, 3.8) is 0 Å². The van der Waals surface area contributed by atoms with Crippen LogP contribution in [0.25, 0.3) is 0 Å². The second-order valence-electron chi connectivity index (χ2n) is 4.82. The first-order chi connectivity index (χ1) is 9.00. The summed E-state index contributed by atoms with van der Waals surface area (Å²) in [5.41, 5.74) is -0.0912. The second kappa shape index (κ2) is 5.26. The maximum Gasteiger partial charge on any atom is 0.271 e. The molecule has 1 unspecified atom stereocenters. The molecule has 2 heterocycles. The Labute approximate surface area is 111 Å². The van der Waals surface area contributed by atoms with E-state index in [0.29, 0.717) is 13.0 Å². The normalized spacial score (nSPS) is 18.4. The van der Waals surface area contributed by atoms with Crippen molar-refractivity contribution in [1.82, 2.24) is 14.8 Å². The lowest BCUT2D eigenvalue weighted by atomic mass is 10.2. The van der Waals surface area contributed by atoms with Gasteiger partial charge in [-0.15, -0.1) is 0 Å². The van der Waals surface area contributed by atoms with E-state index in [1.807, 2.05) is 0 Å². The molecule has 0 bridgehead atoms. The van der Waals surface area contributed by atoms with Crippen LogP contribution < -0.4 is 5.56 Å².